The van der Waals surface area contributed by atoms with Crippen LogP contribution in [0.3, 0.4) is 0 Å². The molecule has 1 unspecified atom stereocenters. The first-order valence-corrected chi connectivity index (χ1v) is 5.47. The Bertz CT molecular complexity index is 286. The topological polar surface area (TPSA) is 46.2 Å². The molecule has 13 heavy (non-hydrogen) atoms. The van der Waals surface area contributed by atoms with Crippen molar-refractivity contribution in [3.05, 3.63) is 23.8 Å². The first-order chi connectivity index (χ1) is 6.13. The lowest BCUT2D eigenvalue weighted by molar-refractivity contribution is 0.464. The minimum atomic E-state index is 0.0889. The minimum Gasteiger partial charge on any atom is -0.508 e. The first kappa shape index (κ1) is 10.4. The number of hydrogen-bond donors (Lipinski definition) is 2. The molecule has 0 heterocycles. The fraction of sp³-hybridized carbons (Fsp3) is 0.400. The SMILES string of the molecule is CSc1ccc(CC(C)N)c(O)c1. The number of phenols is 1. The second-order valence-corrected chi connectivity index (χ2v) is 4.06. The van der Waals surface area contributed by atoms with E-state index in [0.29, 0.717) is 5.75 Å². The summed E-state index contributed by atoms with van der Waals surface area (Å²) in [5, 5.41) is 9.60. The Morgan fingerprint density at radius 3 is 2.69 bits per heavy atom. The largest absolute Gasteiger partial charge is 0.508 e. The van der Waals surface area contributed by atoms with Crippen LogP contribution in [-0.2, 0) is 6.42 Å². The van der Waals surface area contributed by atoms with Crippen LogP contribution < -0.4 is 5.73 Å². The molecule has 3 heteroatoms. The van der Waals surface area contributed by atoms with Gasteiger partial charge in [-0.15, -0.1) is 11.8 Å². The molecule has 0 bridgehead atoms. The van der Waals surface area contributed by atoms with Crippen LogP contribution in [0.4, 0.5) is 0 Å². The highest BCUT2D eigenvalue weighted by Gasteiger charge is 2.04. The molecule has 1 aromatic rings. The van der Waals surface area contributed by atoms with Crippen molar-refractivity contribution in [2.45, 2.75) is 24.3 Å². The number of benzene rings is 1. The zero-order valence-corrected chi connectivity index (χ0v) is 8.77. The van der Waals surface area contributed by atoms with Gasteiger partial charge in [0.15, 0.2) is 0 Å². The number of phenolic OH excluding ortho intramolecular Hbond substituents is 1. The number of nitrogens with two attached hydrogens (primary N) is 1. The van der Waals surface area contributed by atoms with Gasteiger partial charge in [0.1, 0.15) is 5.75 Å². The maximum Gasteiger partial charge on any atom is 0.119 e. The average molecular weight is 197 g/mol. The van der Waals surface area contributed by atoms with Gasteiger partial charge in [-0.3, -0.25) is 0 Å². The third kappa shape index (κ3) is 2.94. The Morgan fingerprint density at radius 2 is 2.23 bits per heavy atom. The average Bonchev–Trinajstić information content (AvgIpc) is 2.08. The molecule has 0 aromatic heterocycles. The third-order valence-corrected chi connectivity index (χ3v) is 2.56. The first-order valence-electron chi connectivity index (χ1n) is 4.25. The summed E-state index contributed by atoms with van der Waals surface area (Å²) in [6.07, 6.45) is 2.71. The Hall–Kier alpha value is -0.670. The van der Waals surface area contributed by atoms with Gasteiger partial charge in [0.25, 0.3) is 0 Å². The van der Waals surface area contributed by atoms with Crippen molar-refractivity contribution >= 4 is 11.8 Å². The maximum atomic E-state index is 9.60. The van der Waals surface area contributed by atoms with Crippen LogP contribution in [0.5, 0.6) is 5.75 Å². The van der Waals surface area contributed by atoms with Gasteiger partial charge >= 0.3 is 0 Å². The van der Waals surface area contributed by atoms with Crippen molar-refractivity contribution in [2.24, 2.45) is 5.73 Å². The van der Waals surface area contributed by atoms with Crippen molar-refractivity contribution in [3.63, 3.8) is 0 Å². The Morgan fingerprint density at radius 1 is 1.54 bits per heavy atom. The monoisotopic (exact) mass is 197 g/mol. The predicted octanol–water partition coefficient (Wildman–Crippen LogP) is 2.00. The van der Waals surface area contributed by atoms with Crippen LogP contribution in [0.1, 0.15) is 12.5 Å². The van der Waals surface area contributed by atoms with Crippen molar-refractivity contribution in [1.82, 2.24) is 0 Å². The van der Waals surface area contributed by atoms with E-state index in [1.165, 1.54) is 0 Å². The predicted molar refractivity (Wildman–Crippen MR) is 57.2 cm³/mol. The smallest absolute Gasteiger partial charge is 0.119 e. The summed E-state index contributed by atoms with van der Waals surface area (Å²) in [4.78, 5) is 1.07. The molecule has 0 fully saturated rings. The summed E-state index contributed by atoms with van der Waals surface area (Å²) in [5.74, 6) is 0.351. The van der Waals surface area contributed by atoms with Gasteiger partial charge in [-0.05, 0) is 37.3 Å². The van der Waals surface area contributed by atoms with E-state index in [2.05, 4.69) is 0 Å². The van der Waals surface area contributed by atoms with Crippen molar-refractivity contribution < 1.29 is 5.11 Å². The highest BCUT2D eigenvalue weighted by atomic mass is 32.2. The number of hydrogen-bond acceptors (Lipinski definition) is 3. The zero-order valence-electron chi connectivity index (χ0n) is 7.95. The van der Waals surface area contributed by atoms with Crippen molar-refractivity contribution in [2.75, 3.05) is 6.26 Å². The van der Waals surface area contributed by atoms with Crippen LogP contribution in [0.15, 0.2) is 23.1 Å². The van der Waals surface area contributed by atoms with Gasteiger partial charge < -0.3 is 10.8 Å². The molecule has 0 radical (unpaired) electrons. The minimum absolute atomic E-state index is 0.0889. The van der Waals surface area contributed by atoms with E-state index in [9.17, 15) is 5.11 Å². The molecule has 3 N–H and O–H groups in total. The Balaban J connectivity index is 2.85. The molecule has 0 spiro atoms. The molecule has 0 aliphatic heterocycles. The van der Waals surface area contributed by atoms with Gasteiger partial charge in [-0.25, -0.2) is 0 Å². The lowest BCUT2D eigenvalue weighted by Gasteiger charge is -2.08. The molecule has 0 saturated heterocycles. The highest BCUT2D eigenvalue weighted by Crippen LogP contribution is 2.24. The van der Waals surface area contributed by atoms with E-state index < -0.39 is 0 Å². The van der Waals surface area contributed by atoms with Crippen LogP contribution >= 0.6 is 11.8 Å². The Kier molecular flexibility index (Phi) is 3.63. The number of rotatable bonds is 3. The van der Waals surface area contributed by atoms with Crippen molar-refractivity contribution in [1.29, 1.82) is 0 Å². The van der Waals surface area contributed by atoms with E-state index in [4.69, 9.17) is 5.73 Å². The van der Waals surface area contributed by atoms with Crippen LogP contribution in [0, 0.1) is 0 Å². The second-order valence-electron chi connectivity index (χ2n) is 3.18. The summed E-state index contributed by atoms with van der Waals surface area (Å²) in [6.45, 7) is 1.93. The molecule has 1 atom stereocenters. The second kappa shape index (κ2) is 4.53. The molecular weight excluding hydrogens is 182 g/mol. The van der Waals surface area contributed by atoms with E-state index in [0.717, 1.165) is 16.9 Å². The summed E-state index contributed by atoms with van der Waals surface area (Å²) in [6, 6.07) is 5.81. The molecule has 72 valence electrons. The van der Waals surface area contributed by atoms with Gasteiger partial charge in [0.2, 0.25) is 0 Å². The quantitative estimate of drug-likeness (QED) is 0.729. The van der Waals surface area contributed by atoms with Crippen LogP contribution in [-0.4, -0.2) is 17.4 Å². The molecule has 2 nitrogen and oxygen atoms in total. The third-order valence-electron chi connectivity index (χ3n) is 1.83. The lowest BCUT2D eigenvalue weighted by atomic mass is 10.1. The summed E-state index contributed by atoms with van der Waals surface area (Å²) < 4.78 is 0. The molecule has 1 aromatic carbocycles. The normalized spacial score (nSPS) is 12.8. The van der Waals surface area contributed by atoms with Crippen molar-refractivity contribution in [3.8, 4) is 5.75 Å². The summed E-state index contributed by atoms with van der Waals surface area (Å²) in [5.41, 5.74) is 6.57. The fourth-order valence-electron chi connectivity index (χ4n) is 1.19. The van der Waals surface area contributed by atoms with E-state index in [1.807, 2.05) is 25.3 Å². The van der Waals surface area contributed by atoms with E-state index in [1.54, 1.807) is 17.8 Å². The standard InChI is InChI=1S/C10H15NOS/c1-7(11)5-8-3-4-9(13-2)6-10(8)12/h3-4,6-7,12H,5,11H2,1-2H3. The molecular formula is C10H15NOS. The molecule has 0 saturated carbocycles. The number of aromatic hydroxyl groups is 1. The molecule has 0 aliphatic rings. The lowest BCUT2D eigenvalue weighted by Crippen LogP contribution is -2.17. The van der Waals surface area contributed by atoms with E-state index >= 15 is 0 Å². The van der Waals surface area contributed by atoms with Gasteiger partial charge in [0.05, 0.1) is 0 Å². The molecule has 0 amide bonds. The molecule has 0 aliphatic carbocycles. The molecule has 1 rings (SSSR count). The van der Waals surface area contributed by atoms with Gasteiger partial charge in [0, 0.05) is 10.9 Å². The summed E-state index contributed by atoms with van der Waals surface area (Å²) in [7, 11) is 0. The summed E-state index contributed by atoms with van der Waals surface area (Å²) >= 11 is 1.62. The van der Waals surface area contributed by atoms with E-state index in [-0.39, 0.29) is 6.04 Å². The van der Waals surface area contributed by atoms with Crippen LogP contribution in [0.25, 0.3) is 0 Å². The zero-order chi connectivity index (χ0) is 9.84. The number of thioether (sulfide) groups is 1. The Labute approximate surface area is 83.1 Å². The highest BCUT2D eigenvalue weighted by molar-refractivity contribution is 7.98. The van der Waals surface area contributed by atoms with Gasteiger partial charge in [-0.1, -0.05) is 6.07 Å². The van der Waals surface area contributed by atoms with Gasteiger partial charge in [-0.2, -0.15) is 0 Å². The maximum absolute atomic E-state index is 9.60. The fourth-order valence-corrected chi connectivity index (χ4v) is 1.62. The van der Waals surface area contributed by atoms with Crippen LogP contribution in [0.2, 0.25) is 0 Å².